The summed E-state index contributed by atoms with van der Waals surface area (Å²) in [5.74, 6) is 0.518. The smallest absolute Gasteiger partial charge is 0.334 e. The van der Waals surface area contributed by atoms with E-state index in [2.05, 4.69) is 6.92 Å². The summed E-state index contributed by atoms with van der Waals surface area (Å²) in [6.07, 6.45) is 6.33. The van der Waals surface area contributed by atoms with Crippen LogP contribution >= 0.6 is 0 Å². The molecule has 2 aliphatic carbocycles. The minimum absolute atomic E-state index is 0.0115. The van der Waals surface area contributed by atoms with Crippen LogP contribution in [-0.4, -0.2) is 47.2 Å². The fourth-order valence-corrected chi connectivity index (χ4v) is 6.07. The maximum atomic E-state index is 11.7. The zero-order valence-corrected chi connectivity index (χ0v) is 15.4. The number of carbonyl (C=O) groups excluding carboxylic acids is 1. The first-order valence-corrected chi connectivity index (χ1v) is 9.62. The van der Waals surface area contributed by atoms with Gasteiger partial charge in [0.05, 0.1) is 12.7 Å². The first-order chi connectivity index (χ1) is 11.9. The molecule has 3 aliphatic rings. The summed E-state index contributed by atoms with van der Waals surface area (Å²) in [5.41, 5.74) is 0.228. The van der Waals surface area contributed by atoms with Gasteiger partial charge in [-0.2, -0.15) is 0 Å². The minimum atomic E-state index is -0.489. The molecule has 0 saturated heterocycles. The number of hydrogen-bond donors (Lipinski definition) is 3. The number of ether oxygens (including phenoxy) is 1. The normalized spacial score (nSPS) is 44.2. The SMILES string of the molecule is C[C@]1(CO)[C@H]2CC[C@H](CO)[C@@H](CCC3=CCOC3=O)[C@]2(C)CC[C@H]1O. The highest BCUT2D eigenvalue weighted by molar-refractivity contribution is 5.90. The van der Waals surface area contributed by atoms with Gasteiger partial charge < -0.3 is 20.1 Å². The van der Waals surface area contributed by atoms with Crippen molar-refractivity contribution in [2.45, 2.75) is 58.5 Å². The molecule has 2 saturated carbocycles. The van der Waals surface area contributed by atoms with Gasteiger partial charge in [-0.3, -0.25) is 0 Å². The highest BCUT2D eigenvalue weighted by Crippen LogP contribution is 2.62. The molecular weight excluding hydrogens is 320 g/mol. The molecule has 1 heterocycles. The second-order valence-electron chi connectivity index (χ2n) is 8.77. The summed E-state index contributed by atoms with van der Waals surface area (Å²) in [7, 11) is 0. The van der Waals surface area contributed by atoms with Crippen LogP contribution in [0, 0.1) is 28.6 Å². The minimum Gasteiger partial charge on any atom is -0.458 e. The molecule has 0 aromatic carbocycles. The van der Waals surface area contributed by atoms with E-state index in [-0.39, 0.29) is 42.4 Å². The molecule has 1 aliphatic heterocycles. The summed E-state index contributed by atoms with van der Waals surface area (Å²) in [6.45, 7) is 4.80. The van der Waals surface area contributed by atoms with Crippen LogP contribution in [0.5, 0.6) is 0 Å². The van der Waals surface area contributed by atoms with Crippen LogP contribution in [0.4, 0.5) is 0 Å². The Hall–Kier alpha value is -0.910. The van der Waals surface area contributed by atoms with Crippen molar-refractivity contribution in [3.8, 4) is 0 Å². The standard InChI is InChI=1S/C20H32O5/c1-19-9-7-17(23)20(2,12-22)16(19)6-4-14(11-21)15(19)5-3-13-8-10-25-18(13)24/h8,14-17,21-23H,3-7,9-12H2,1-2H3/t14-,15-,16+,17-,19+,20+/m1/s1. The summed E-state index contributed by atoms with van der Waals surface area (Å²) in [6, 6.07) is 0. The van der Waals surface area contributed by atoms with Crippen LogP contribution in [0.25, 0.3) is 0 Å². The Balaban J connectivity index is 1.84. The number of aliphatic hydroxyl groups is 3. The van der Waals surface area contributed by atoms with E-state index in [1.807, 2.05) is 13.0 Å². The number of cyclic esters (lactones) is 1. The predicted molar refractivity (Wildman–Crippen MR) is 93.6 cm³/mol. The van der Waals surface area contributed by atoms with Crippen molar-refractivity contribution in [2.75, 3.05) is 19.8 Å². The van der Waals surface area contributed by atoms with Crippen molar-refractivity contribution in [2.24, 2.45) is 28.6 Å². The quantitative estimate of drug-likeness (QED) is 0.659. The van der Waals surface area contributed by atoms with E-state index in [4.69, 9.17) is 4.74 Å². The molecule has 0 unspecified atom stereocenters. The first-order valence-electron chi connectivity index (χ1n) is 9.62. The molecule has 0 amide bonds. The number of hydrogen-bond acceptors (Lipinski definition) is 5. The maximum absolute atomic E-state index is 11.7. The van der Waals surface area contributed by atoms with Crippen LogP contribution < -0.4 is 0 Å². The van der Waals surface area contributed by atoms with Gasteiger partial charge in [0.1, 0.15) is 6.61 Å². The lowest BCUT2D eigenvalue weighted by Crippen LogP contribution is -2.59. The van der Waals surface area contributed by atoms with Crippen molar-refractivity contribution in [1.82, 2.24) is 0 Å². The van der Waals surface area contributed by atoms with Crippen LogP contribution in [-0.2, 0) is 9.53 Å². The number of carbonyl (C=O) groups is 1. The fraction of sp³-hybridized carbons (Fsp3) is 0.850. The van der Waals surface area contributed by atoms with E-state index in [0.29, 0.717) is 19.4 Å². The molecule has 5 nitrogen and oxygen atoms in total. The van der Waals surface area contributed by atoms with Gasteiger partial charge in [-0.15, -0.1) is 0 Å². The molecule has 0 aromatic heterocycles. The van der Waals surface area contributed by atoms with Gasteiger partial charge >= 0.3 is 5.97 Å². The van der Waals surface area contributed by atoms with Crippen LogP contribution in [0.2, 0.25) is 0 Å². The first kappa shape index (κ1) is 18.9. The van der Waals surface area contributed by atoms with Gasteiger partial charge in [-0.25, -0.2) is 4.79 Å². The lowest BCUT2D eigenvalue weighted by molar-refractivity contribution is -0.177. The second-order valence-corrected chi connectivity index (χ2v) is 8.77. The van der Waals surface area contributed by atoms with Gasteiger partial charge in [0.25, 0.3) is 0 Å². The van der Waals surface area contributed by atoms with Gasteiger partial charge in [0.2, 0.25) is 0 Å². The molecule has 0 bridgehead atoms. The monoisotopic (exact) mass is 352 g/mol. The average Bonchev–Trinajstić information content (AvgIpc) is 3.01. The molecule has 142 valence electrons. The van der Waals surface area contributed by atoms with Gasteiger partial charge in [-0.1, -0.05) is 13.8 Å². The molecule has 6 atom stereocenters. The molecular formula is C20H32O5. The Morgan fingerprint density at radius 3 is 2.60 bits per heavy atom. The van der Waals surface area contributed by atoms with Gasteiger partial charge in [0, 0.05) is 17.6 Å². The molecule has 3 N–H and O–H groups in total. The zero-order chi connectivity index (χ0) is 18.2. The summed E-state index contributed by atoms with van der Waals surface area (Å²) < 4.78 is 5.01. The number of esters is 1. The van der Waals surface area contributed by atoms with Crippen molar-refractivity contribution in [3.63, 3.8) is 0 Å². The predicted octanol–water partition coefficient (Wildman–Crippen LogP) is 2.04. The van der Waals surface area contributed by atoms with E-state index in [0.717, 1.165) is 31.3 Å². The summed E-state index contributed by atoms with van der Waals surface area (Å²) in [4.78, 5) is 11.7. The molecule has 25 heavy (non-hydrogen) atoms. The van der Waals surface area contributed by atoms with Crippen molar-refractivity contribution in [3.05, 3.63) is 11.6 Å². The molecule has 0 spiro atoms. The lowest BCUT2D eigenvalue weighted by Gasteiger charge is -2.61. The Kier molecular flexibility index (Phi) is 5.29. The second kappa shape index (κ2) is 7.01. The summed E-state index contributed by atoms with van der Waals surface area (Å²) >= 11 is 0. The van der Waals surface area contributed by atoms with E-state index in [1.165, 1.54) is 0 Å². The number of aliphatic hydroxyl groups excluding tert-OH is 3. The van der Waals surface area contributed by atoms with Gasteiger partial charge in [0.15, 0.2) is 0 Å². The zero-order valence-electron chi connectivity index (χ0n) is 15.4. The van der Waals surface area contributed by atoms with E-state index < -0.39 is 11.5 Å². The Morgan fingerprint density at radius 1 is 1.24 bits per heavy atom. The maximum Gasteiger partial charge on any atom is 0.334 e. The van der Waals surface area contributed by atoms with Crippen LogP contribution in [0.3, 0.4) is 0 Å². The highest BCUT2D eigenvalue weighted by Gasteiger charge is 2.58. The lowest BCUT2D eigenvalue weighted by atomic mass is 9.45. The van der Waals surface area contributed by atoms with Crippen LogP contribution in [0.1, 0.15) is 52.4 Å². The Morgan fingerprint density at radius 2 is 2.00 bits per heavy atom. The largest absolute Gasteiger partial charge is 0.458 e. The number of fused-ring (bicyclic) bond motifs is 1. The van der Waals surface area contributed by atoms with Crippen molar-refractivity contribution < 1.29 is 24.9 Å². The molecule has 0 radical (unpaired) electrons. The fourth-order valence-electron chi connectivity index (χ4n) is 6.07. The van der Waals surface area contributed by atoms with Crippen molar-refractivity contribution >= 4 is 5.97 Å². The van der Waals surface area contributed by atoms with Crippen molar-refractivity contribution in [1.29, 1.82) is 0 Å². The third kappa shape index (κ3) is 3.04. The highest BCUT2D eigenvalue weighted by atomic mass is 16.5. The third-order valence-electron chi connectivity index (χ3n) is 7.66. The van der Waals surface area contributed by atoms with E-state index >= 15 is 0 Å². The molecule has 0 aromatic rings. The molecule has 2 fully saturated rings. The topological polar surface area (TPSA) is 87.0 Å². The van der Waals surface area contributed by atoms with E-state index in [1.54, 1.807) is 0 Å². The molecule has 5 heteroatoms. The summed E-state index contributed by atoms with van der Waals surface area (Å²) in [5, 5.41) is 30.5. The Bertz CT molecular complexity index is 544. The number of rotatable bonds is 5. The average molecular weight is 352 g/mol. The van der Waals surface area contributed by atoms with E-state index in [9.17, 15) is 20.1 Å². The van der Waals surface area contributed by atoms with Crippen LogP contribution in [0.15, 0.2) is 11.6 Å². The van der Waals surface area contributed by atoms with Gasteiger partial charge in [-0.05, 0) is 67.8 Å². The third-order valence-corrected chi connectivity index (χ3v) is 7.66. The molecule has 3 rings (SSSR count). The Labute approximate surface area is 150 Å².